The summed E-state index contributed by atoms with van der Waals surface area (Å²) in [7, 11) is -0.965. The summed E-state index contributed by atoms with van der Waals surface area (Å²) in [5.41, 5.74) is 1.12. The topological polar surface area (TPSA) is 42.0 Å². The number of pyridine rings is 1. The van der Waals surface area contributed by atoms with Gasteiger partial charge in [0.2, 0.25) is 0 Å². The number of hydrogen-bond donors (Lipinski definition) is 1. The molecule has 1 N–H and O–H groups in total. The molecular formula is C12H19ClN2OS. The third-order valence-corrected chi connectivity index (χ3v) is 4.28. The third-order valence-electron chi connectivity index (χ3n) is 2.89. The molecule has 0 aliphatic carbocycles. The first kappa shape index (κ1) is 14.6. The molecular weight excluding hydrogens is 256 g/mol. The van der Waals surface area contributed by atoms with Crippen molar-refractivity contribution in [3.05, 3.63) is 23.9 Å². The van der Waals surface area contributed by atoms with Crippen LogP contribution in [0.4, 0.5) is 0 Å². The largest absolute Gasteiger partial charge is 0.313 e. The molecule has 2 unspecified atom stereocenters. The lowest BCUT2D eigenvalue weighted by molar-refractivity contribution is 0.427. The lowest BCUT2D eigenvalue weighted by atomic mass is 10.1. The van der Waals surface area contributed by atoms with Crippen molar-refractivity contribution in [2.75, 3.05) is 12.3 Å². The Morgan fingerprint density at radius 1 is 1.53 bits per heavy atom. The molecule has 5 heteroatoms. The summed E-state index contributed by atoms with van der Waals surface area (Å²) in [4.78, 5) is 4.18. The van der Waals surface area contributed by atoms with Gasteiger partial charge in [0.25, 0.3) is 0 Å². The molecule has 1 aromatic heterocycles. The number of nitrogens with one attached hydrogen (secondary N) is 1. The summed E-state index contributed by atoms with van der Waals surface area (Å²) < 4.78 is 12.1. The van der Waals surface area contributed by atoms with Crippen LogP contribution in [0.2, 0.25) is 0 Å². The maximum absolute atomic E-state index is 12.1. The minimum Gasteiger partial charge on any atom is -0.313 e. The molecule has 0 amide bonds. The molecule has 2 heterocycles. The van der Waals surface area contributed by atoms with Crippen molar-refractivity contribution < 1.29 is 4.21 Å². The first-order valence-corrected chi connectivity index (χ1v) is 7.12. The van der Waals surface area contributed by atoms with Crippen LogP contribution in [0.3, 0.4) is 0 Å². The minimum atomic E-state index is -0.965. The van der Waals surface area contributed by atoms with Crippen LogP contribution in [0.15, 0.2) is 23.4 Å². The molecule has 1 fully saturated rings. The van der Waals surface area contributed by atoms with Crippen molar-refractivity contribution in [3.63, 3.8) is 0 Å². The molecule has 2 atom stereocenters. The zero-order chi connectivity index (χ0) is 11.4. The van der Waals surface area contributed by atoms with Crippen LogP contribution < -0.4 is 5.32 Å². The Bertz CT molecular complexity index is 381. The van der Waals surface area contributed by atoms with E-state index in [0.717, 1.165) is 18.5 Å². The average molecular weight is 275 g/mol. The van der Waals surface area contributed by atoms with Crippen molar-refractivity contribution in [1.82, 2.24) is 10.3 Å². The molecule has 0 saturated carbocycles. The van der Waals surface area contributed by atoms with Gasteiger partial charge in [0.15, 0.2) is 0 Å². The summed E-state index contributed by atoms with van der Waals surface area (Å²) in [6.07, 6.45) is 5.36. The second-order valence-corrected chi connectivity index (χ2v) is 5.77. The second kappa shape index (κ2) is 7.09. The van der Waals surface area contributed by atoms with E-state index in [1.54, 1.807) is 6.20 Å². The predicted octanol–water partition coefficient (Wildman–Crippen LogP) is 2.06. The van der Waals surface area contributed by atoms with Gasteiger partial charge in [-0.3, -0.25) is 4.21 Å². The van der Waals surface area contributed by atoms with E-state index in [0.29, 0.717) is 16.8 Å². The Kier molecular flexibility index (Phi) is 6.09. The van der Waals surface area contributed by atoms with Gasteiger partial charge >= 0.3 is 0 Å². The van der Waals surface area contributed by atoms with Crippen LogP contribution in [-0.4, -0.2) is 27.5 Å². The molecule has 0 bridgehead atoms. The average Bonchev–Trinajstić information content (AvgIpc) is 2.30. The third kappa shape index (κ3) is 4.37. The van der Waals surface area contributed by atoms with Crippen LogP contribution in [0.1, 0.15) is 24.8 Å². The smallest absolute Gasteiger partial charge is 0.127 e. The van der Waals surface area contributed by atoms with Crippen LogP contribution in [-0.2, 0) is 10.8 Å². The molecule has 17 heavy (non-hydrogen) atoms. The standard InChI is InChI=1S/C12H18N2OS.ClH/c1-10-5-7-14-12(8-10)16(15)9-11-4-2-3-6-13-11;/h5,7-8,11,13H,2-4,6,9H2,1H3;1H. The Morgan fingerprint density at radius 2 is 2.35 bits per heavy atom. The van der Waals surface area contributed by atoms with E-state index in [4.69, 9.17) is 0 Å². The van der Waals surface area contributed by atoms with Crippen molar-refractivity contribution in [2.24, 2.45) is 0 Å². The molecule has 1 saturated heterocycles. The van der Waals surface area contributed by atoms with E-state index in [9.17, 15) is 4.21 Å². The van der Waals surface area contributed by atoms with Gasteiger partial charge in [-0.15, -0.1) is 12.4 Å². The monoisotopic (exact) mass is 274 g/mol. The number of nitrogens with zero attached hydrogens (tertiary/aromatic N) is 1. The van der Waals surface area contributed by atoms with E-state index in [1.807, 2.05) is 19.1 Å². The number of aromatic nitrogens is 1. The highest BCUT2D eigenvalue weighted by Gasteiger charge is 2.17. The first-order valence-electron chi connectivity index (χ1n) is 5.80. The van der Waals surface area contributed by atoms with Crippen LogP contribution in [0.5, 0.6) is 0 Å². The number of piperidine rings is 1. The molecule has 2 rings (SSSR count). The second-order valence-electron chi connectivity index (χ2n) is 4.33. The lowest BCUT2D eigenvalue weighted by Crippen LogP contribution is -2.38. The molecule has 0 aromatic carbocycles. The zero-order valence-electron chi connectivity index (χ0n) is 10.0. The Labute approximate surface area is 111 Å². The van der Waals surface area contributed by atoms with Crippen LogP contribution in [0, 0.1) is 6.92 Å². The van der Waals surface area contributed by atoms with Gasteiger partial charge in [-0.25, -0.2) is 4.98 Å². The van der Waals surface area contributed by atoms with Crippen molar-refractivity contribution in [3.8, 4) is 0 Å². The van der Waals surface area contributed by atoms with Gasteiger partial charge in [-0.1, -0.05) is 6.42 Å². The fourth-order valence-corrected chi connectivity index (χ4v) is 3.28. The van der Waals surface area contributed by atoms with Crippen molar-refractivity contribution in [1.29, 1.82) is 0 Å². The molecule has 0 spiro atoms. The summed E-state index contributed by atoms with van der Waals surface area (Å²) in [6, 6.07) is 4.25. The van der Waals surface area contributed by atoms with Crippen LogP contribution >= 0.6 is 12.4 Å². The molecule has 0 radical (unpaired) electrons. The first-order chi connectivity index (χ1) is 7.75. The van der Waals surface area contributed by atoms with E-state index in [-0.39, 0.29) is 12.4 Å². The highest BCUT2D eigenvalue weighted by molar-refractivity contribution is 7.85. The molecule has 96 valence electrons. The van der Waals surface area contributed by atoms with Crippen LogP contribution in [0.25, 0.3) is 0 Å². The lowest BCUT2D eigenvalue weighted by Gasteiger charge is -2.22. The SMILES string of the molecule is Cc1ccnc(S(=O)CC2CCCCN2)c1.Cl. The number of hydrogen-bond acceptors (Lipinski definition) is 3. The Hall–Kier alpha value is -0.450. The highest BCUT2D eigenvalue weighted by atomic mass is 35.5. The Balaban J connectivity index is 0.00000144. The zero-order valence-corrected chi connectivity index (χ0v) is 11.6. The van der Waals surface area contributed by atoms with Gasteiger partial charge < -0.3 is 5.32 Å². The van der Waals surface area contributed by atoms with E-state index >= 15 is 0 Å². The number of aryl methyl sites for hydroxylation is 1. The predicted molar refractivity (Wildman–Crippen MR) is 73.1 cm³/mol. The number of halogens is 1. The maximum atomic E-state index is 12.1. The van der Waals surface area contributed by atoms with Crippen molar-refractivity contribution >= 4 is 23.2 Å². The fraction of sp³-hybridized carbons (Fsp3) is 0.583. The van der Waals surface area contributed by atoms with Crippen molar-refractivity contribution in [2.45, 2.75) is 37.3 Å². The normalized spacial score (nSPS) is 21.6. The molecule has 1 aliphatic rings. The highest BCUT2D eigenvalue weighted by Crippen LogP contribution is 2.12. The van der Waals surface area contributed by atoms with Gasteiger partial charge in [0, 0.05) is 18.0 Å². The summed E-state index contributed by atoms with van der Waals surface area (Å²) in [5.74, 6) is 0.691. The number of rotatable bonds is 3. The summed E-state index contributed by atoms with van der Waals surface area (Å²) >= 11 is 0. The van der Waals surface area contributed by atoms with E-state index < -0.39 is 10.8 Å². The quantitative estimate of drug-likeness (QED) is 0.917. The van der Waals surface area contributed by atoms with Gasteiger partial charge in [-0.05, 0) is 44.0 Å². The van der Waals surface area contributed by atoms with Gasteiger partial charge in [0.05, 0.1) is 10.8 Å². The van der Waals surface area contributed by atoms with Gasteiger partial charge in [0.1, 0.15) is 5.03 Å². The fourth-order valence-electron chi connectivity index (χ4n) is 1.97. The van der Waals surface area contributed by atoms with Gasteiger partial charge in [-0.2, -0.15) is 0 Å². The van der Waals surface area contributed by atoms with E-state index in [2.05, 4.69) is 10.3 Å². The molecule has 3 nitrogen and oxygen atoms in total. The molecule has 1 aliphatic heterocycles. The van der Waals surface area contributed by atoms with E-state index in [1.165, 1.54) is 12.8 Å². The minimum absolute atomic E-state index is 0. The summed E-state index contributed by atoms with van der Waals surface area (Å²) in [6.45, 7) is 3.06. The Morgan fingerprint density at radius 3 is 3.00 bits per heavy atom. The maximum Gasteiger partial charge on any atom is 0.127 e. The molecule has 1 aromatic rings. The summed E-state index contributed by atoms with van der Waals surface area (Å²) in [5, 5.41) is 4.13.